The van der Waals surface area contributed by atoms with Crippen LogP contribution < -0.4 is 16.0 Å². The van der Waals surface area contributed by atoms with Gasteiger partial charge in [-0.1, -0.05) is 13.2 Å². The van der Waals surface area contributed by atoms with Crippen molar-refractivity contribution >= 4 is 29.0 Å². The van der Waals surface area contributed by atoms with Crippen LogP contribution in [0.1, 0.15) is 23.8 Å². The number of aromatic nitrogens is 2. The third kappa shape index (κ3) is 6.25. The molecule has 0 spiro atoms. The van der Waals surface area contributed by atoms with E-state index in [0.29, 0.717) is 18.9 Å². The predicted molar refractivity (Wildman–Crippen MR) is 124 cm³/mol. The van der Waals surface area contributed by atoms with Crippen LogP contribution in [0, 0.1) is 0 Å². The number of hydrogen-bond donors (Lipinski definition) is 2. The van der Waals surface area contributed by atoms with Crippen molar-refractivity contribution in [2.75, 3.05) is 44.0 Å². The van der Waals surface area contributed by atoms with Crippen molar-refractivity contribution in [2.45, 2.75) is 18.9 Å². The summed E-state index contributed by atoms with van der Waals surface area (Å²) in [6.45, 7) is 12.8. The van der Waals surface area contributed by atoms with Crippen LogP contribution in [0.15, 0.2) is 54.0 Å². The van der Waals surface area contributed by atoms with Crippen LogP contribution in [0.5, 0.6) is 0 Å². The molecule has 1 unspecified atom stereocenters. The number of thioether (sulfide) groups is 1. The molecule has 2 aliphatic rings. The number of amides is 1. The lowest BCUT2D eigenvalue weighted by molar-refractivity contribution is 0.0961. The first-order valence-corrected chi connectivity index (χ1v) is 10.8. The Morgan fingerprint density at radius 1 is 1.33 bits per heavy atom. The fraction of sp³-hybridized carbons (Fsp3) is 0.429. The van der Waals surface area contributed by atoms with Gasteiger partial charge in [-0.2, -0.15) is 0 Å². The van der Waals surface area contributed by atoms with Crippen LogP contribution in [0.25, 0.3) is 0 Å². The lowest BCUT2D eigenvalue weighted by atomic mass is 9.90. The molecule has 0 aliphatic carbocycles. The summed E-state index contributed by atoms with van der Waals surface area (Å²) >= 11 is 1.69. The van der Waals surface area contributed by atoms with E-state index in [9.17, 15) is 4.79 Å². The fourth-order valence-electron chi connectivity index (χ4n) is 2.85. The molecule has 8 nitrogen and oxygen atoms in total. The number of nitrogens with two attached hydrogens (primary N) is 1. The summed E-state index contributed by atoms with van der Waals surface area (Å²) in [6, 6.07) is 0. The van der Waals surface area contributed by atoms with Crippen molar-refractivity contribution in [1.82, 2.24) is 15.3 Å². The number of anilines is 1. The van der Waals surface area contributed by atoms with Gasteiger partial charge in [0.15, 0.2) is 0 Å². The zero-order valence-electron chi connectivity index (χ0n) is 17.6. The van der Waals surface area contributed by atoms with E-state index in [1.54, 1.807) is 24.0 Å². The molecular formula is C21H30N6O2S. The minimum absolute atomic E-state index is 0.244. The van der Waals surface area contributed by atoms with Gasteiger partial charge < -0.3 is 20.7 Å². The van der Waals surface area contributed by atoms with Crippen molar-refractivity contribution in [2.24, 2.45) is 10.7 Å². The van der Waals surface area contributed by atoms with Gasteiger partial charge in [-0.05, 0) is 38.1 Å². The zero-order chi connectivity index (χ0) is 22.0. The summed E-state index contributed by atoms with van der Waals surface area (Å²) in [6.07, 6.45) is 7.40. The second-order valence-electron chi connectivity index (χ2n) is 6.77. The molecule has 0 aromatic carbocycles. The van der Waals surface area contributed by atoms with Gasteiger partial charge in [0.05, 0.1) is 36.7 Å². The van der Waals surface area contributed by atoms with Gasteiger partial charge >= 0.3 is 0 Å². The van der Waals surface area contributed by atoms with Crippen LogP contribution in [0.3, 0.4) is 0 Å². The molecule has 3 N–H and O–H groups in total. The van der Waals surface area contributed by atoms with E-state index in [1.807, 2.05) is 18.5 Å². The number of carbonyl (C=O) groups is 1. The molecule has 1 amide bonds. The zero-order valence-corrected chi connectivity index (χ0v) is 18.5. The highest BCUT2D eigenvalue weighted by atomic mass is 32.2. The second-order valence-corrected chi connectivity index (χ2v) is 7.72. The molecule has 1 aromatic rings. The van der Waals surface area contributed by atoms with E-state index in [0.717, 1.165) is 36.7 Å². The molecule has 2 aliphatic heterocycles. The molecule has 3 heterocycles. The second kappa shape index (κ2) is 11.6. The molecule has 0 saturated carbocycles. The average Bonchev–Trinajstić information content (AvgIpc) is 2.81. The van der Waals surface area contributed by atoms with Crippen LogP contribution in [-0.4, -0.2) is 66.1 Å². The Hall–Kier alpha value is -2.49. The Morgan fingerprint density at radius 2 is 2.07 bits per heavy atom. The number of aliphatic imine (C=N–C) groups is 1. The molecule has 1 fully saturated rings. The van der Waals surface area contributed by atoms with Crippen molar-refractivity contribution in [3.63, 3.8) is 0 Å². The Bertz CT molecular complexity index is 802. The van der Waals surface area contributed by atoms with Crippen LogP contribution in [0.4, 0.5) is 5.82 Å². The van der Waals surface area contributed by atoms with E-state index in [4.69, 9.17) is 4.74 Å². The summed E-state index contributed by atoms with van der Waals surface area (Å²) in [7, 11) is 1.50. The summed E-state index contributed by atoms with van der Waals surface area (Å²) in [5.41, 5.74) is 7.63. The topological polar surface area (TPSA) is 106 Å². The van der Waals surface area contributed by atoms with E-state index in [-0.39, 0.29) is 17.1 Å². The molecule has 3 rings (SSSR count). The summed E-state index contributed by atoms with van der Waals surface area (Å²) < 4.78 is 5.34. The van der Waals surface area contributed by atoms with Crippen molar-refractivity contribution in [1.29, 1.82) is 0 Å². The van der Waals surface area contributed by atoms with Gasteiger partial charge in [0.1, 0.15) is 11.5 Å². The quantitative estimate of drug-likeness (QED) is 0.666. The van der Waals surface area contributed by atoms with Gasteiger partial charge in [0, 0.05) is 24.5 Å². The molecule has 0 radical (unpaired) electrons. The highest BCUT2D eigenvalue weighted by Gasteiger charge is 2.27. The normalized spacial score (nSPS) is 21.3. The Kier molecular flexibility index (Phi) is 9.22. The Labute approximate surface area is 182 Å². The van der Waals surface area contributed by atoms with Gasteiger partial charge in [0.2, 0.25) is 0 Å². The maximum absolute atomic E-state index is 12.5. The van der Waals surface area contributed by atoms with Gasteiger partial charge in [-0.3, -0.25) is 9.79 Å². The van der Waals surface area contributed by atoms with E-state index in [2.05, 4.69) is 44.1 Å². The first-order chi connectivity index (χ1) is 14.5. The number of nitrogens with zero attached hydrogens (tertiary/aromatic N) is 4. The number of rotatable bonds is 6. The van der Waals surface area contributed by atoms with Crippen LogP contribution in [0.2, 0.25) is 0 Å². The predicted octanol–water partition coefficient (Wildman–Crippen LogP) is 2.17. The van der Waals surface area contributed by atoms with Gasteiger partial charge in [-0.15, -0.1) is 11.8 Å². The first-order valence-electron chi connectivity index (χ1n) is 9.74. The lowest BCUT2D eigenvalue weighted by Gasteiger charge is -2.28. The summed E-state index contributed by atoms with van der Waals surface area (Å²) in [4.78, 5) is 27.8. The number of morpholine rings is 1. The number of ether oxygens (including phenoxy) is 1. The number of hydrogen-bond acceptors (Lipinski definition) is 8. The van der Waals surface area contributed by atoms with E-state index in [1.165, 1.54) is 13.2 Å². The number of carbonyl (C=O) groups excluding carboxylic acids is 1. The molecular weight excluding hydrogens is 400 g/mol. The highest BCUT2D eigenvalue weighted by molar-refractivity contribution is 8.12. The molecule has 1 aromatic heterocycles. The van der Waals surface area contributed by atoms with Gasteiger partial charge in [0.25, 0.3) is 5.91 Å². The molecule has 1 saturated heterocycles. The molecule has 0 bridgehead atoms. The highest BCUT2D eigenvalue weighted by Crippen LogP contribution is 2.30. The van der Waals surface area contributed by atoms with Crippen molar-refractivity contribution < 1.29 is 9.53 Å². The first kappa shape index (κ1) is 23.8. The average molecular weight is 431 g/mol. The summed E-state index contributed by atoms with van der Waals surface area (Å²) in [5.74, 6) is 1.40. The van der Waals surface area contributed by atoms with Crippen LogP contribution >= 0.6 is 11.8 Å². The minimum atomic E-state index is -0.357. The standard InChI is InChI=1S/C20H25N5O2S.CH5N/c1-4-16(11-15(2)20(3)5-10-28-14-23-20)24-19(26)17-12-22-18(13-21-17)25-6-8-27-9-7-25;1-2/h4,11-14H,1-2,5-10H2,3H3,(H,24,26);2H2,1H3/b16-11+;. The van der Waals surface area contributed by atoms with Crippen LogP contribution in [-0.2, 0) is 4.74 Å². The Balaban J connectivity index is 0.00000155. The maximum Gasteiger partial charge on any atom is 0.275 e. The Morgan fingerprint density at radius 3 is 2.63 bits per heavy atom. The SMILES string of the molecule is C=C/C(=C\C(=C)C1(C)CCSC=N1)NC(=O)c1cnc(N2CCOCC2)cn1.CN. The largest absolute Gasteiger partial charge is 0.378 e. The van der Waals surface area contributed by atoms with Crippen molar-refractivity contribution in [3.05, 3.63) is 54.7 Å². The molecule has 9 heteroatoms. The number of allylic oxidation sites excluding steroid dienone is 1. The van der Waals surface area contributed by atoms with E-state index < -0.39 is 0 Å². The third-order valence-corrected chi connectivity index (χ3v) is 5.52. The lowest BCUT2D eigenvalue weighted by Crippen LogP contribution is -2.37. The van der Waals surface area contributed by atoms with Crippen molar-refractivity contribution in [3.8, 4) is 0 Å². The molecule has 162 valence electrons. The smallest absolute Gasteiger partial charge is 0.275 e. The number of nitrogens with one attached hydrogen (secondary N) is 1. The third-order valence-electron chi connectivity index (χ3n) is 4.82. The van der Waals surface area contributed by atoms with Gasteiger partial charge in [-0.25, -0.2) is 9.97 Å². The molecule has 1 atom stereocenters. The fourth-order valence-corrected chi connectivity index (χ4v) is 3.78. The monoisotopic (exact) mass is 430 g/mol. The maximum atomic E-state index is 12.5. The van der Waals surface area contributed by atoms with E-state index >= 15 is 0 Å². The molecule has 30 heavy (non-hydrogen) atoms. The minimum Gasteiger partial charge on any atom is -0.378 e. The summed E-state index contributed by atoms with van der Waals surface area (Å²) in [5, 5.41) is 2.82.